The largest absolute Gasteiger partial charge is 0.497 e. The Hall–Kier alpha value is -1.06. The molecule has 2 unspecified atom stereocenters. The summed E-state index contributed by atoms with van der Waals surface area (Å²) in [5, 5.41) is 0. The Morgan fingerprint density at radius 3 is 2.43 bits per heavy atom. The van der Waals surface area contributed by atoms with Gasteiger partial charge in [-0.05, 0) is 50.6 Å². The van der Waals surface area contributed by atoms with E-state index in [1.807, 2.05) is 12.1 Å². The van der Waals surface area contributed by atoms with Gasteiger partial charge in [0, 0.05) is 6.04 Å². The van der Waals surface area contributed by atoms with E-state index < -0.39 is 0 Å². The van der Waals surface area contributed by atoms with Crippen molar-refractivity contribution in [1.29, 1.82) is 0 Å². The van der Waals surface area contributed by atoms with E-state index in [0.29, 0.717) is 12.0 Å². The van der Waals surface area contributed by atoms with E-state index in [1.54, 1.807) is 7.11 Å². The van der Waals surface area contributed by atoms with Crippen LogP contribution in [-0.4, -0.2) is 32.1 Å². The number of nitrogens with zero attached hydrogens (tertiary/aromatic N) is 1. The van der Waals surface area contributed by atoms with Gasteiger partial charge in [-0.1, -0.05) is 39.3 Å². The first-order valence-electron chi connectivity index (χ1n) is 7.95. The molecule has 0 heterocycles. The first kappa shape index (κ1) is 18.0. The lowest BCUT2D eigenvalue weighted by Crippen LogP contribution is -2.54. The Balaban J connectivity index is 3.29. The quantitative estimate of drug-likeness (QED) is 0.795. The van der Waals surface area contributed by atoms with Gasteiger partial charge in [-0.25, -0.2) is 0 Å². The fourth-order valence-electron chi connectivity index (χ4n) is 3.28. The molecule has 3 heteroatoms. The number of benzene rings is 1. The SMILES string of the molecule is CCCC(N(C)C)C(N)(CC(C)C)c1cccc(OC)c1. The monoisotopic (exact) mass is 292 g/mol. The van der Waals surface area contributed by atoms with Gasteiger partial charge in [0.05, 0.1) is 12.6 Å². The van der Waals surface area contributed by atoms with Crippen molar-refractivity contribution in [3.63, 3.8) is 0 Å². The summed E-state index contributed by atoms with van der Waals surface area (Å²) in [4.78, 5) is 2.27. The fraction of sp³-hybridized carbons (Fsp3) is 0.667. The van der Waals surface area contributed by atoms with Crippen molar-refractivity contribution in [1.82, 2.24) is 4.90 Å². The standard InChI is InChI=1S/C18H32N2O/c1-7-9-17(20(4)5)18(19,13-14(2)3)15-10-8-11-16(12-15)21-6/h8,10-12,14,17H,7,9,13,19H2,1-6H3. The normalized spacial score (nSPS) is 16.0. The van der Waals surface area contributed by atoms with E-state index in [-0.39, 0.29) is 5.54 Å². The average molecular weight is 292 g/mol. The summed E-state index contributed by atoms with van der Waals surface area (Å²) in [6.45, 7) is 6.69. The Bertz CT molecular complexity index is 431. The first-order valence-corrected chi connectivity index (χ1v) is 7.95. The minimum absolute atomic E-state index is 0.317. The topological polar surface area (TPSA) is 38.5 Å². The van der Waals surface area contributed by atoms with E-state index in [4.69, 9.17) is 10.5 Å². The number of methoxy groups -OCH3 is 1. The van der Waals surface area contributed by atoms with Crippen molar-refractivity contribution in [2.24, 2.45) is 11.7 Å². The molecule has 2 atom stereocenters. The van der Waals surface area contributed by atoms with Crippen molar-refractivity contribution >= 4 is 0 Å². The molecule has 0 amide bonds. The predicted molar refractivity (Wildman–Crippen MR) is 90.7 cm³/mol. The van der Waals surface area contributed by atoms with Gasteiger partial charge in [-0.15, -0.1) is 0 Å². The molecule has 0 aliphatic heterocycles. The molecule has 0 bridgehead atoms. The van der Waals surface area contributed by atoms with E-state index in [0.717, 1.165) is 25.0 Å². The maximum absolute atomic E-state index is 6.98. The second-order valence-corrected chi connectivity index (χ2v) is 6.64. The highest BCUT2D eigenvalue weighted by molar-refractivity contribution is 5.34. The number of hydrogen-bond acceptors (Lipinski definition) is 3. The Morgan fingerprint density at radius 2 is 1.95 bits per heavy atom. The van der Waals surface area contributed by atoms with Crippen molar-refractivity contribution in [2.75, 3.05) is 21.2 Å². The van der Waals surface area contributed by atoms with Crippen LogP contribution >= 0.6 is 0 Å². The predicted octanol–water partition coefficient (Wildman–Crippen LogP) is 3.63. The molecule has 21 heavy (non-hydrogen) atoms. The Kier molecular flexibility index (Phi) is 6.69. The van der Waals surface area contributed by atoms with Crippen LogP contribution in [0.2, 0.25) is 0 Å². The van der Waals surface area contributed by atoms with Gasteiger partial charge < -0.3 is 15.4 Å². The zero-order valence-electron chi connectivity index (χ0n) is 14.5. The molecule has 1 rings (SSSR count). The van der Waals surface area contributed by atoms with Crippen LogP contribution in [0.15, 0.2) is 24.3 Å². The Morgan fingerprint density at radius 1 is 1.29 bits per heavy atom. The highest BCUT2D eigenvalue weighted by Crippen LogP contribution is 2.35. The van der Waals surface area contributed by atoms with Gasteiger partial charge in [0.15, 0.2) is 0 Å². The van der Waals surface area contributed by atoms with E-state index in [1.165, 1.54) is 5.56 Å². The Labute approximate surface area is 130 Å². The van der Waals surface area contributed by atoms with Gasteiger partial charge >= 0.3 is 0 Å². The minimum atomic E-state index is -0.359. The maximum atomic E-state index is 6.98. The lowest BCUT2D eigenvalue weighted by molar-refractivity contribution is 0.142. The number of rotatable bonds is 8. The summed E-state index contributed by atoms with van der Waals surface area (Å²) in [6, 6.07) is 8.56. The van der Waals surface area contributed by atoms with Crippen LogP contribution < -0.4 is 10.5 Å². The van der Waals surface area contributed by atoms with Gasteiger partial charge in [-0.2, -0.15) is 0 Å². The van der Waals surface area contributed by atoms with Gasteiger partial charge in [0.2, 0.25) is 0 Å². The summed E-state index contributed by atoms with van der Waals surface area (Å²) in [5.74, 6) is 1.42. The van der Waals surface area contributed by atoms with Gasteiger partial charge in [-0.3, -0.25) is 0 Å². The second-order valence-electron chi connectivity index (χ2n) is 6.64. The molecular weight excluding hydrogens is 260 g/mol. The van der Waals surface area contributed by atoms with Crippen LogP contribution in [0.4, 0.5) is 0 Å². The molecule has 1 aromatic carbocycles. The van der Waals surface area contributed by atoms with Crippen LogP contribution in [-0.2, 0) is 5.54 Å². The molecular formula is C18H32N2O. The molecule has 0 fully saturated rings. The zero-order chi connectivity index (χ0) is 16.0. The molecule has 0 radical (unpaired) electrons. The third kappa shape index (κ3) is 4.45. The molecule has 0 saturated carbocycles. The maximum Gasteiger partial charge on any atom is 0.119 e. The minimum Gasteiger partial charge on any atom is -0.497 e. The summed E-state index contributed by atoms with van der Waals surface area (Å²) < 4.78 is 5.39. The second kappa shape index (κ2) is 7.81. The number of ether oxygens (including phenoxy) is 1. The molecule has 0 saturated heterocycles. The summed E-state index contributed by atoms with van der Waals surface area (Å²) in [7, 11) is 5.96. The van der Waals surface area contributed by atoms with Crippen LogP contribution in [0, 0.1) is 5.92 Å². The summed E-state index contributed by atoms with van der Waals surface area (Å²) in [6.07, 6.45) is 3.18. The molecule has 0 aromatic heterocycles. The van der Waals surface area contributed by atoms with Crippen molar-refractivity contribution < 1.29 is 4.74 Å². The van der Waals surface area contributed by atoms with E-state index in [9.17, 15) is 0 Å². The number of nitrogens with two attached hydrogens (primary N) is 1. The van der Waals surface area contributed by atoms with Crippen LogP contribution in [0.25, 0.3) is 0 Å². The molecule has 0 spiro atoms. The number of hydrogen-bond donors (Lipinski definition) is 1. The third-order valence-corrected chi connectivity index (χ3v) is 4.13. The first-order chi connectivity index (χ1) is 9.85. The van der Waals surface area contributed by atoms with Crippen molar-refractivity contribution in [3.05, 3.63) is 29.8 Å². The van der Waals surface area contributed by atoms with Gasteiger partial charge in [0.1, 0.15) is 5.75 Å². The van der Waals surface area contributed by atoms with E-state index >= 15 is 0 Å². The van der Waals surface area contributed by atoms with Crippen molar-refractivity contribution in [2.45, 2.75) is 51.6 Å². The van der Waals surface area contributed by atoms with Crippen LogP contribution in [0.5, 0.6) is 5.75 Å². The molecule has 120 valence electrons. The van der Waals surface area contributed by atoms with Crippen LogP contribution in [0.3, 0.4) is 0 Å². The molecule has 1 aromatic rings. The van der Waals surface area contributed by atoms with Crippen molar-refractivity contribution in [3.8, 4) is 5.75 Å². The smallest absolute Gasteiger partial charge is 0.119 e. The molecule has 0 aliphatic rings. The number of likely N-dealkylation sites (N-methyl/N-ethyl adjacent to an activating group) is 1. The van der Waals surface area contributed by atoms with Crippen LogP contribution in [0.1, 0.15) is 45.6 Å². The average Bonchev–Trinajstić information content (AvgIpc) is 2.43. The van der Waals surface area contributed by atoms with E-state index in [2.05, 4.69) is 51.9 Å². The highest BCUT2D eigenvalue weighted by atomic mass is 16.5. The molecule has 0 aliphatic carbocycles. The summed E-state index contributed by atoms with van der Waals surface area (Å²) in [5.41, 5.74) is 7.79. The fourth-order valence-corrected chi connectivity index (χ4v) is 3.28. The lowest BCUT2D eigenvalue weighted by atomic mass is 9.75. The molecule has 3 nitrogen and oxygen atoms in total. The molecule has 2 N–H and O–H groups in total. The highest BCUT2D eigenvalue weighted by Gasteiger charge is 2.38. The lowest BCUT2D eigenvalue weighted by Gasteiger charge is -2.43. The van der Waals surface area contributed by atoms with Gasteiger partial charge in [0.25, 0.3) is 0 Å². The summed E-state index contributed by atoms with van der Waals surface area (Å²) >= 11 is 0. The zero-order valence-corrected chi connectivity index (χ0v) is 14.5. The third-order valence-electron chi connectivity index (χ3n) is 4.13.